The number of benzene rings is 1. The van der Waals surface area contributed by atoms with Crippen LogP contribution in [0.2, 0.25) is 0 Å². The van der Waals surface area contributed by atoms with Gasteiger partial charge in [0.1, 0.15) is 5.69 Å². The number of nitro groups is 1. The molecule has 1 aromatic carbocycles. The quantitative estimate of drug-likeness (QED) is 0.681. The Kier molecular flexibility index (Phi) is 3.53. The highest BCUT2D eigenvalue weighted by molar-refractivity contribution is 5.68. The summed E-state index contributed by atoms with van der Waals surface area (Å²) in [7, 11) is 0. The van der Waals surface area contributed by atoms with Gasteiger partial charge >= 0.3 is 5.97 Å². The van der Waals surface area contributed by atoms with E-state index in [2.05, 4.69) is 4.90 Å². The zero-order chi connectivity index (χ0) is 15.0. The van der Waals surface area contributed by atoms with Crippen molar-refractivity contribution < 1.29 is 14.8 Å². The number of carbonyl (C=O) groups is 1. The number of anilines is 1. The SMILES string of the molecule is O=C(O)CC1CC2CCC(C1)N2c1ccccc1[N+](=O)[O-]. The standard InChI is InChI=1S/C15H18N2O4/c18-15(19)9-10-7-11-5-6-12(8-10)16(11)13-3-1-2-4-14(13)17(20)21/h1-4,10-12H,5-9H2,(H,18,19). The summed E-state index contributed by atoms with van der Waals surface area (Å²) >= 11 is 0. The minimum Gasteiger partial charge on any atom is -0.481 e. The van der Waals surface area contributed by atoms with Crippen molar-refractivity contribution in [1.82, 2.24) is 0 Å². The Morgan fingerprint density at radius 3 is 2.48 bits per heavy atom. The number of nitrogens with zero attached hydrogens (tertiary/aromatic N) is 2. The van der Waals surface area contributed by atoms with Crippen molar-refractivity contribution in [3.63, 3.8) is 0 Å². The van der Waals surface area contributed by atoms with E-state index in [1.165, 1.54) is 6.07 Å². The third-order valence-corrected chi connectivity index (χ3v) is 4.65. The largest absolute Gasteiger partial charge is 0.481 e. The number of aliphatic carboxylic acids is 1. The average molecular weight is 290 g/mol. The van der Waals surface area contributed by atoms with Gasteiger partial charge in [0.05, 0.1) is 4.92 Å². The number of para-hydroxylation sites is 2. The number of nitro benzene ring substituents is 1. The third kappa shape index (κ3) is 2.57. The molecule has 2 aliphatic heterocycles. The van der Waals surface area contributed by atoms with E-state index in [1.54, 1.807) is 12.1 Å². The molecule has 1 aromatic rings. The number of carboxylic acid groups (broad SMARTS) is 1. The van der Waals surface area contributed by atoms with E-state index >= 15 is 0 Å². The van der Waals surface area contributed by atoms with Gasteiger partial charge in [0.2, 0.25) is 0 Å². The molecule has 112 valence electrons. The Balaban J connectivity index is 1.86. The van der Waals surface area contributed by atoms with Crippen molar-refractivity contribution in [3.05, 3.63) is 34.4 Å². The van der Waals surface area contributed by atoms with Crippen LogP contribution in [0.25, 0.3) is 0 Å². The number of hydrogen-bond donors (Lipinski definition) is 1. The lowest BCUT2D eigenvalue weighted by Crippen LogP contribution is -2.43. The molecule has 0 saturated carbocycles. The first kappa shape index (κ1) is 13.9. The van der Waals surface area contributed by atoms with Crippen LogP contribution in [0.15, 0.2) is 24.3 Å². The molecule has 2 unspecified atom stereocenters. The van der Waals surface area contributed by atoms with Crippen molar-refractivity contribution >= 4 is 17.3 Å². The van der Waals surface area contributed by atoms with Gasteiger partial charge in [-0.25, -0.2) is 0 Å². The predicted molar refractivity (Wildman–Crippen MR) is 77.4 cm³/mol. The molecular weight excluding hydrogens is 272 g/mol. The zero-order valence-corrected chi connectivity index (χ0v) is 11.6. The number of hydrogen-bond acceptors (Lipinski definition) is 4. The first-order chi connectivity index (χ1) is 10.1. The van der Waals surface area contributed by atoms with Gasteiger partial charge in [0.15, 0.2) is 0 Å². The van der Waals surface area contributed by atoms with Crippen LogP contribution in [0, 0.1) is 16.0 Å². The van der Waals surface area contributed by atoms with Crippen LogP contribution in [0.3, 0.4) is 0 Å². The molecule has 0 aromatic heterocycles. The van der Waals surface area contributed by atoms with E-state index in [-0.39, 0.29) is 35.0 Å². The molecule has 2 heterocycles. The normalized spacial score (nSPS) is 27.6. The Bertz CT molecular complexity index is 561. The molecule has 0 radical (unpaired) electrons. The summed E-state index contributed by atoms with van der Waals surface area (Å²) < 4.78 is 0. The molecule has 0 spiro atoms. The average Bonchev–Trinajstić information content (AvgIpc) is 2.69. The first-order valence-electron chi connectivity index (χ1n) is 7.30. The number of piperidine rings is 1. The number of carboxylic acids is 1. The maximum Gasteiger partial charge on any atom is 0.303 e. The molecule has 0 amide bonds. The van der Waals surface area contributed by atoms with Gasteiger partial charge in [-0.15, -0.1) is 0 Å². The molecule has 2 atom stereocenters. The minimum absolute atomic E-state index is 0.145. The monoisotopic (exact) mass is 290 g/mol. The molecule has 1 N–H and O–H groups in total. The van der Waals surface area contributed by atoms with E-state index in [1.807, 2.05) is 6.07 Å². The van der Waals surface area contributed by atoms with Crippen LogP contribution in [0.5, 0.6) is 0 Å². The molecule has 21 heavy (non-hydrogen) atoms. The van der Waals surface area contributed by atoms with Gasteiger partial charge in [0.25, 0.3) is 5.69 Å². The molecule has 0 aliphatic carbocycles. The summed E-state index contributed by atoms with van der Waals surface area (Å²) in [5.41, 5.74) is 0.829. The second-order valence-corrected chi connectivity index (χ2v) is 5.97. The summed E-state index contributed by atoms with van der Waals surface area (Å²) in [6.45, 7) is 0. The van der Waals surface area contributed by atoms with Gasteiger partial charge in [0, 0.05) is 24.6 Å². The predicted octanol–water partition coefficient (Wildman–Crippen LogP) is 2.82. The minimum atomic E-state index is -0.751. The summed E-state index contributed by atoms with van der Waals surface area (Å²) in [6, 6.07) is 7.31. The highest BCUT2D eigenvalue weighted by Gasteiger charge is 2.43. The van der Waals surface area contributed by atoms with Crippen LogP contribution in [0.4, 0.5) is 11.4 Å². The molecule has 3 rings (SSSR count). The van der Waals surface area contributed by atoms with Gasteiger partial charge in [-0.2, -0.15) is 0 Å². The second-order valence-electron chi connectivity index (χ2n) is 5.97. The number of fused-ring (bicyclic) bond motifs is 2. The topological polar surface area (TPSA) is 83.7 Å². The van der Waals surface area contributed by atoms with Gasteiger partial charge in [-0.3, -0.25) is 14.9 Å². The van der Waals surface area contributed by atoms with E-state index in [4.69, 9.17) is 5.11 Å². The van der Waals surface area contributed by atoms with Crippen LogP contribution in [-0.4, -0.2) is 28.1 Å². The van der Waals surface area contributed by atoms with Crippen molar-refractivity contribution in [2.75, 3.05) is 4.90 Å². The molecule has 2 bridgehead atoms. The lowest BCUT2D eigenvalue weighted by atomic mass is 9.87. The second kappa shape index (κ2) is 5.35. The Morgan fingerprint density at radius 2 is 1.90 bits per heavy atom. The summed E-state index contributed by atoms with van der Waals surface area (Å²) in [5, 5.41) is 20.2. The smallest absolute Gasteiger partial charge is 0.303 e. The fourth-order valence-electron chi connectivity index (χ4n) is 3.93. The molecular formula is C15H18N2O4. The Morgan fingerprint density at radius 1 is 1.29 bits per heavy atom. The van der Waals surface area contributed by atoms with Gasteiger partial charge in [-0.1, -0.05) is 12.1 Å². The maximum absolute atomic E-state index is 11.2. The highest BCUT2D eigenvalue weighted by atomic mass is 16.6. The van der Waals surface area contributed by atoms with Crippen molar-refractivity contribution in [3.8, 4) is 0 Å². The fourth-order valence-corrected chi connectivity index (χ4v) is 3.93. The summed E-state index contributed by atoms with van der Waals surface area (Å²) in [4.78, 5) is 23.9. The molecule has 2 aliphatic rings. The third-order valence-electron chi connectivity index (χ3n) is 4.65. The van der Waals surface area contributed by atoms with E-state index in [9.17, 15) is 14.9 Å². The number of rotatable bonds is 4. The molecule has 2 fully saturated rings. The lowest BCUT2D eigenvalue weighted by Gasteiger charge is -2.39. The van der Waals surface area contributed by atoms with Crippen LogP contribution in [0.1, 0.15) is 32.1 Å². The van der Waals surface area contributed by atoms with Crippen LogP contribution < -0.4 is 4.90 Å². The summed E-state index contributed by atoms with van der Waals surface area (Å²) in [6.07, 6.45) is 3.82. The fraction of sp³-hybridized carbons (Fsp3) is 0.533. The lowest BCUT2D eigenvalue weighted by molar-refractivity contribution is -0.384. The molecule has 6 nitrogen and oxygen atoms in total. The van der Waals surface area contributed by atoms with Crippen LogP contribution >= 0.6 is 0 Å². The van der Waals surface area contributed by atoms with Gasteiger partial charge in [-0.05, 0) is 37.7 Å². The van der Waals surface area contributed by atoms with E-state index in [0.29, 0.717) is 5.69 Å². The Hall–Kier alpha value is -2.11. The molecule has 6 heteroatoms. The first-order valence-corrected chi connectivity index (χ1v) is 7.30. The molecule has 2 saturated heterocycles. The highest BCUT2D eigenvalue weighted by Crippen LogP contribution is 2.45. The Labute approximate surface area is 122 Å². The van der Waals surface area contributed by atoms with Gasteiger partial charge < -0.3 is 10.0 Å². The van der Waals surface area contributed by atoms with Crippen molar-refractivity contribution in [1.29, 1.82) is 0 Å². The van der Waals surface area contributed by atoms with E-state index < -0.39 is 5.97 Å². The van der Waals surface area contributed by atoms with E-state index in [0.717, 1.165) is 25.7 Å². The summed E-state index contributed by atoms with van der Waals surface area (Å²) in [5.74, 6) is -0.558. The maximum atomic E-state index is 11.2. The van der Waals surface area contributed by atoms with Crippen LogP contribution in [-0.2, 0) is 4.79 Å². The van der Waals surface area contributed by atoms with Crippen molar-refractivity contribution in [2.24, 2.45) is 5.92 Å². The zero-order valence-electron chi connectivity index (χ0n) is 11.6. The van der Waals surface area contributed by atoms with Crippen molar-refractivity contribution in [2.45, 2.75) is 44.2 Å².